The fourth-order valence-electron chi connectivity index (χ4n) is 4.60. The molecule has 0 aliphatic heterocycles. The van der Waals surface area contributed by atoms with Crippen molar-refractivity contribution in [1.82, 2.24) is 0 Å². The minimum absolute atomic E-state index is 0.883. The van der Waals surface area contributed by atoms with Gasteiger partial charge in [-0.05, 0) is 47.9 Å². The lowest BCUT2D eigenvalue weighted by atomic mass is 10.0. The second-order valence-electron chi connectivity index (χ2n) is 9.36. The van der Waals surface area contributed by atoms with Gasteiger partial charge >= 0.3 is 7.25 Å². The summed E-state index contributed by atoms with van der Waals surface area (Å²) < 4.78 is 46.9. The van der Waals surface area contributed by atoms with E-state index in [1.807, 2.05) is 0 Å². The zero-order valence-corrected chi connectivity index (χ0v) is 21.0. The Balaban J connectivity index is 0.000000527. The molecule has 5 rings (SSSR count). The van der Waals surface area contributed by atoms with Crippen LogP contribution in [0.3, 0.4) is 0 Å². The molecule has 0 amide bonds. The fraction of sp³-hybridized carbons (Fsp3) is 0.148. The van der Waals surface area contributed by atoms with E-state index in [4.69, 9.17) is 4.74 Å². The number of rotatable bonds is 3. The van der Waals surface area contributed by atoms with Crippen molar-refractivity contribution in [2.75, 3.05) is 7.11 Å². The largest absolute Gasteiger partial charge is 0.673 e. The third-order valence-corrected chi connectivity index (χ3v) is 7.89. The highest BCUT2D eigenvalue weighted by atomic mass is 28.3. The molecule has 0 saturated heterocycles. The van der Waals surface area contributed by atoms with Crippen molar-refractivity contribution in [3.8, 4) is 17.0 Å². The van der Waals surface area contributed by atoms with Gasteiger partial charge in [-0.1, -0.05) is 50.0 Å². The van der Waals surface area contributed by atoms with E-state index in [-0.39, 0.29) is 0 Å². The Kier molecular flexibility index (Phi) is 6.60. The molecule has 0 bridgehead atoms. The standard InChI is InChI=1S/C27H26NOSi.BF4/c1-29-21-16-13-20(14-17-21)26-27(30(2,3)4)23-11-7-6-10-22(23)25-18-15-19-9-5-8-12-24(19)28(25)26;2-1(3,4)5/h5-18H,1-4H3;/q+1;-1. The van der Waals surface area contributed by atoms with Crippen LogP contribution in [-0.2, 0) is 0 Å². The molecule has 35 heavy (non-hydrogen) atoms. The third-order valence-electron chi connectivity index (χ3n) is 5.89. The fourth-order valence-corrected chi connectivity index (χ4v) is 6.59. The van der Waals surface area contributed by atoms with Gasteiger partial charge < -0.3 is 22.0 Å². The number of benzene rings is 3. The first-order chi connectivity index (χ1) is 16.5. The summed E-state index contributed by atoms with van der Waals surface area (Å²) in [6.45, 7) is 7.33. The molecule has 0 radical (unpaired) electrons. The Morgan fingerprint density at radius 2 is 1.26 bits per heavy atom. The molecular formula is C27H26BF4NOSi. The number of halogens is 4. The summed E-state index contributed by atoms with van der Waals surface area (Å²) in [7, 11) is -5.99. The minimum atomic E-state index is -6.00. The monoisotopic (exact) mass is 495 g/mol. The van der Waals surface area contributed by atoms with Crippen molar-refractivity contribution in [3.63, 3.8) is 0 Å². The molecular weight excluding hydrogens is 469 g/mol. The number of para-hydroxylation sites is 1. The van der Waals surface area contributed by atoms with Crippen molar-refractivity contribution in [3.05, 3.63) is 84.9 Å². The minimum Gasteiger partial charge on any atom is -0.497 e. The van der Waals surface area contributed by atoms with Crippen LogP contribution >= 0.6 is 0 Å². The maximum atomic E-state index is 9.75. The summed E-state index contributed by atoms with van der Waals surface area (Å²) in [5, 5.41) is 5.44. The van der Waals surface area contributed by atoms with E-state index in [0.29, 0.717) is 0 Å². The van der Waals surface area contributed by atoms with Crippen molar-refractivity contribution in [2.24, 2.45) is 0 Å². The lowest BCUT2D eigenvalue weighted by Gasteiger charge is -2.22. The topological polar surface area (TPSA) is 13.3 Å². The number of nitrogens with zero attached hydrogens (tertiary/aromatic N) is 1. The SMILES string of the molecule is COc1ccc(-c2c([Si](C)(C)C)c3ccccc3c3ccc4ccccc4[n+]23)cc1.F[B-](F)(F)F. The van der Waals surface area contributed by atoms with Crippen molar-refractivity contribution in [2.45, 2.75) is 19.6 Å². The van der Waals surface area contributed by atoms with Gasteiger partial charge in [0.2, 0.25) is 16.7 Å². The highest BCUT2D eigenvalue weighted by Crippen LogP contribution is 2.29. The molecule has 0 atom stereocenters. The van der Waals surface area contributed by atoms with E-state index < -0.39 is 15.3 Å². The maximum absolute atomic E-state index is 9.75. The van der Waals surface area contributed by atoms with Gasteiger partial charge in [0.15, 0.2) is 0 Å². The molecule has 3 aromatic carbocycles. The average Bonchev–Trinajstić information content (AvgIpc) is 2.81. The van der Waals surface area contributed by atoms with Gasteiger partial charge in [0.25, 0.3) is 0 Å². The third kappa shape index (κ3) is 5.17. The lowest BCUT2D eigenvalue weighted by Crippen LogP contribution is -2.46. The lowest BCUT2D eigenvalue weighted by molar-refractivity contribution is -0.466. The molecule has 0 fully saturated rings. The van der Waals surface area contributed by atoms with Crippen LogP contribution in [-0.4, -0.2) is 22.4 Å². The first kappa shape index (κ1) is 24.7. The Morgan fingerprint density at radius 3 is 1.86 bits per heavy atom. The van der Waals surface area contributed by atoms with E-state index in [0.717, 1.165) is 5.75 Å². The molecule has 0 unspecified atom stereocenters. The van der Waals surface area contributed by atoms with Gasteiger partial charge in [-0.25, -0.2) is 0 Å². The molecule has 2 nitrogen and oxygen atoms in total. The molecule has 0 saturated carbocycles. The maximum Gasteiger partial charge on any atom is 0.673 e. The second kappa shape index (κ2) is 9.34. The highest BCUT2D eigenvalue weighted by molar-refractivity contribution is 6.91. The molecule has 2 aromatic heterocycles. The van der Waals surface area contributed by atoms with Crippen LogP contribution in [0.25, 0.3) is 38.4 Å². The van der Waals surface area contributed by atoms with Crippen LogP contribution in [0.15, 0.2) is 84.9 Å². The number of fused-ring (bicyclic) bond motifs is 5. The van der Waals surface area contributed by atoms with Gasteiger partial charge in [-0.15, -0.1) is 0 Å². The van der Waals surface area contributed by atoms with Gasteiger partial charge in [0.05, 0.1) is 20.6 Å². The molecule has 0 N–H and O–H groups in total. The summed E-state index contributed by atoms with van der Waals surface area (Å²) in [5.41, 5.74) is 5.02. The van der Waals surface area contributed by atoms with Crippen LogP contribution in [0.2, 0.25) is 19.6 Å². The number of aromatic nitrogens is 1. The zero-order valence-electron chi connectivity index (χ0n) is 20.0. The van der Waals surface area contributed by atoms with Crippen molar-refractivity contribution >= 4 is 47.7 Å². The van der Waals surface area contributed by atoms with E-state index >= 15 is 0 Å². The predicted molar refractivity (Wildman–Crippen MR) is 140 cm³/mol. The number of pyridine rings is 2. The summed E-state index contributed by atoms with van der Waals surface area (Å²) in [6, 6.07) is 30.6. The van der Waals surface area contributed by atoms with Crippen molar-refractivity contribution in [1.29, 1.82) is 0 Å². The molecule has 0 aliphatic carbocycles. The summed E-state index contributed by atoms with van der Waals surface area (Å²) in [5.74, 6) is 0.883. The smallest absolute Gasteiger partial charge is 0.497 e. The zero-order chi connectivity index (χ0) is 25.4. The second-order valence-corrected chi connectivity index (χ2v) is 14.4. The van der Waals surface area contributed by atoms with Gasteiger partial charge in [0.1, 0.15) is 5.75 Å². The molecule has 0 aliphatic rings. The van der Waals surface area contributed by atoms with Crippen molar-refractivity contribution < 1.29 is 26.4 Å². The number of hydrogen-bond acceptors (Lipinski definition) is 1. The first-order valence-corrected chi connectivity index (χ1v) is 14.8. The number of ether oxygens (including phenoxy) is 1. The van der Waals surface area contributed by atoms with Crippen LogP contribution in [0.1, 0.15) is 0 Å². The van der Waals surface area contributed by atoms with Crippen LogP contribution in [0, 0.1) is 0 Å². The van der Waals surface area contributed by atoms with Gasteiger partial charge in [-0.2, -0.15) is 4.40 Å². The summed E-state index contributed by atoms with van der Waals surface area (Å²) in [4.78, 5) is 0. The van der Waals surface area contributed by atoms with Crippen LogP contribution in [0.5, 0.6) is 5.75 Å². The molecule has 8 heteroatoms. The Morgan fingerprint density at radius 1 is 0.686 bits per heavy atom. The van der Waals surface area contributed by atoms with E-state index in [1.165, 1.54) is 43.6 Å². The molecule has 180 valence electrons. The van der Waals surface area contributed by atoms with E-state index in [1.54, 1.807) is 7.11 Å². The van der Waals surface area contributed by atoms with Gasteiger partial charge in [-0.3, -0.25) is 0 Å². The Bertz CT molecular complexity index is 1510. The Labute approximate surface area is 202 Å². The molecule has 5 aromatic rings. The summed E-state index contributed by atoms with van der Waals surface area (Å²) in [6.07, 6.45) is 0. The van der Waals surface area contributed by atoms with Crippen LogP contribution < -0.4 is 14.3 Å². The quantitative estimate of drug-likeness (QED) is 0.111. The number of methoxy groups -OCH3 is 1. The van der Waals surface area contributed by atoms with Crippen LogP contribution in [0.4, 0.5) is 17.3 Å². The van der Waals surface area contributed by atoms with E-state index in [9.17, 15) is 17.3 Å². The first-order valence-electron chi connectivity index (χ1n) is 11.3. The molecule has 2 heterocycles. The van der Waals surface area contributed by atoms with Gasteiger partial charge in [0, 0.05) is 28.3 Å². The normalized spacial score (nSPS) is 12.0. The predicted octanol–water partition coefficient (Wildman–Crippen LogP) is 7.25. The Hall–Kier alpha value is -3.39. The molecule has 0 spiro atoms. The summed E-state index contributed by atoms with van der Waals surface area (Å²) >= 11 is 0. The van der Waals surface area contributed by atoms with E-state index in [2.05, 4.69) is 109 Å². The highest BCUT2D eigenvalue weighted by Gasteiger charge is 2.32. The average molecular weight is 495 g/mol. The number of hydrogen-bond donors (Lipinski definition) is 0.